The first-order valence-electron chi connectivity index (χ1n) is 11.2. The molecular formula is C25H26ClN5O5S. The fourth-order valence-electron chi connectivity index (χ4n) is 3.20. The van der Waals surface area contributed by atoms with Gasteiger partial charge in [-0.05, 0) is 37.3 Å². The van der Waals surface area contributed by atoms with Gasteiger partial charge < -0.3 is 24.7 Å². The second-order valence-electron chi connectivity index (χ2n) is 7.51. The Labute approximate surface area is 223 Å². The van der Waals surface area contributed by atoms with E-state index >= 15 is 0 Å². The Balaban J connectivity index is 1.63. The Morgan fingerprint density at radius 3 is 2.68 bits per heavy atom. The van der Waals surface area contributed by atoms with Gasteiger partial charge in [-0.1, -0.05) is 35.5 Å². The molecule has 0 aliphatic rings. The van der Waals surface area contributed by atoms with Crippen molar-refractivity contribution in [2.75, 3.05) is 30.1 Å². The lowest BCUT2D eigenvalue weighted by molar-refractivity contribution is -0.116. The molecule has 0 unspecified atom stereocenters. The number of aromatic nitrogens is 3. The SMILES string of the molecule is C=CCn1c(CC(=O)Nc2cccc(OC)c2)nnc1SCC(=O)Nc1cc(C(=O)OCC)ccc1Cl. The summed E-state index contributed by atoms with van der Waals surface area (Å²) in [6, 6.07) is 11.5. The van der Waals surface area contributed by atoms with E-state index in [2.05, 4.69) is 27.4 Å². The normalized spacial score (nSPS) is 10.5. The minimum Gasteiger partial charge on any atom is -0.497 e. The number of amides is 2. The monoisotopic (exact) mass is 543 g/mol. The van der Waals surface area contributed by atoms with E-state index in [4.69, 9.17) is 21.1 Å². The van der Waals surface area contributed by atoms with E-state index in [1.54, 1.807) is 48.9 Å². The zero-order chi connectivity index (χ0) is 26.8. The van der Waals surface area contributed by atoms with Crippen LogP contribution in [0.3, 0.4) is 0 Å². The number of hydrogen-bond acceptors (Lipinski definition) is 8. The molecule has 12 heteroatoms. The molecule has 1 aromatic heterocycles. The summed E-state index contributed by atoms with van der Waals surface area (Å²) in [6.07, 6.45) is 1.62. The van der Waals surface area contributed by atoms with Gasteiger partial charge in [0.15, 0.2) is 5.16 Å². The summed E-state index contributed by atoms with van der Waals surface area (Å²) in [4.78, 5) is 37.2. The molecule has 3 aromatic rings. The summed E-state index contributed by atoms with van der Waals surface area (Å²) in [5.41, 5.74) is 1.16. The number of benzene rings is 2. The van der Waals surface area contributed by atoms with Crippen molar-refractivity contribution >= 4 is 52.5 Å². The first-order chi connectivity index (χ1) is 17.8. The average Bonchev–Trinajstić information content (AvgIpc) is 3.25. The van der Waals surface area contributed by atoms with Crippen molar-refractivity contribution in [3.8, 4) is 5.75 Å². The highest BCUT2D eigenvalue weighted by Gasteiger charge is 2.17. The third-order valence-corrected chi connectivity index (χ3v) is 6.16. The van der Waals surface area contributed by atoms with Crippen molar-refractivity contribution in [2.24, 2.45) is 0 Å². The molecule has 0 aliphatic carbocycles. The molecule has 194 valence electrons. The predicted octanol–water partition coefficient (Wildman–Crippen LogP) is 4.21. The van der Waals surface area contributed by atoms with Crippen molar-refractivity contribution in [3.05, 3.63) is 71.5 Å². The molecular weight excluding hydrogens is 518 g/mol. The van der Waals surface area contributed by atoms with E-state index in [9.17, 15) is 14.4 Å². The Kier molecular flexibility index (Phi) is 10.1. The van der Waals surface area contributed by atoms with Crippen LogP contribution in [0.4, 0.5) is 11.4 Å². The van der Waals surface area contributed by atoms with E-state index < -0.39 is 5.97 Å². The van der Waals surface area contributed by atoms with Crippen LogP contribution in [0, 0.1) is 0 Å². The third kappa shape index (κ3) is 7.83. The Morgan fingerprint density at radius 1 is 1.14 bits per heavy atom. The largest absolute Gasteiger partial charge is 0.497 e. The summed E-state index contributed by atoms with van der Waals surface area (Å²) in [5.74, 6) is -0.114. The van der Waals surface area contributed by atoms with Gasteiger partial charge in [-0.25, -0.2) is 4.79 Å². The van der Waals surface area contributed by atoms with Crippen LogP contribution in [0.25, 0.3) is 0 Å². The zero-order valence-corrected chi connectivity index (χ0v) is 21.9. The van der Waals surface area contributed by atoms with Crippen LogP contribution in [-0.4, -0.2) is 52.0 Å². The summed E-state index contributed by atoms with van der Waals surface area (Å²) < 4.78 is 11.9. The lowest BCUT2D eigenvalue weighted by Gasteiger charge is -2.10. The first-order valence-corrected chi connectivity index (χ1v) is 12.6. The highest BCUT2D eigenvalue weighted by atomic mass is 35.5. The summed E-state index contributed by atoms with van der Waals surface area (Å²) >= 11 is 7.32. The minimum absolute atomic E-state index is 0.00869. The fraction of sp³-hybridized carbons (Fsp3) is 0.240. The van der Waals surface area contributed by atoms with E-state index in [0.29, 0.717) is 34.6 Å². The predicted molar refractivity (Wildman–Crippen MR) is 142 cm³/mol. The molecule has 0 aliphatic heterocycles. The van der Waals surface area contributed by atoms with Crippen LogP contribution < -0.4 is 15.4 Å². The van der Waals surface area contributed by atoms with Crippen LogP contribution in [0.2, 0.25) is 5.02 Å². The Hall–Kier alpha value is -3.83. The highest BCUT2D eigenvalue weighted by molar-refractivity contribution is 7.99. The van der Waals surface area contributed by atoms with E-state index in [1.807, 2.05) is 0 Å². The second kappa shape index (κ2) is 13.5. The molecule has 0 radical (unpaired) electrons. The van der Waals surface area contributed by atoms with Crippen LogP contribution in [0.5, 0.6) is 5.75 Å². The molecule has 2 amide bonds. The number of nitrogens with one attached hydrogen (secondary N) is 2. The van der Waals surface area contributed by atoms with Crippen molar-refractivity contribution < 1.29 is 23.9 Å². The maximum absolute atomic E-state index is 12.6. The van der Waals surface area contributed by atoms with Gasteiger partial charge in [0.1, 0.15) is 11.6 Å². The molecule has 0 saturated carbocycles. The molecule has 0 fully saturated rings. The van der Waals surface area contributed by atoms with Crippen LogP contribution >= 0.6 is 23.4 Å². The molecule has 0 atom stereocenters. The van der Waals surface area contributed by atoms with Crippen molar-refractivity contribution in [1.82, 2.24) is 14.8 Å². The lowest BCUT2D eigenvalue weighted by Crippen LogP contribution is -2.18. The molecule has 10 nitrogen and oxygen atoms in total. The molecule has 37 heavy (non-hydrogen) atoms. The van der Waals surface area contributed by atoms with Gasteiger partial charge in [0.25, 0.3) is 0 Å². The van der Waals surface area contributed by atoms with E-state index in [0.717, 1.165) is 11.8 Å². The van der Waals surface area contributed by atoms with Gasteiger partial charge in [-0.3, -0.25) is 9.59 Å². The molecule has 2 aromatic carbocycles. The van der Waals surface area contributed by atoms with E-state index in [1.165, 1.54) is 18.2 Å². The van der Waals surface area contributed by atoms with Crippen LogP contribution in [0.15, 0.2) is 60.3 Å². The fourth-order valence-corrected chi connectivity index (χ4v) is 4.13. The molecule has 0 spiro atoms. The number of hydrogen-bond donors (Lipinski definition) is 2. The number of esters is 1. The Morgan fingerprint density at radius 2 is 1.95 bits per heavy atom. The maximum atomic E-state index is 12.6. The maximum Gasteiger partial charge on any atom is 0.338 e. The number of anilines is 2. The van der Waals surface area contributed by atoms with Crippen molar-refractivity contribution in [3.63, 3.8) is 0 Å². The van der Waals surface area contributed by atoms with Crippen LogP contribution in [-0.2, 0) is 27.3 Å². The number of methoxy groups -OCH3 is 1. The number of allylic oxidation sites excluding steroid dienone is 1. The summed E-state index contributed by atoms with van der Waals surface area (Å²) in [7, 11) is 1.55. The summed E-state index contributed by atoms with van der Waals surface area (Å²) in [6.45, 7) is 6.04. The molecule has 1 heterocycles. The quantitative estimate of drug-likeness (QED) is 0.198. The van der Waals surface area contributed by atoms with Crippen molar-refractivity contribution in [2.45, 2.75) is 25.0 Å². The standard InChI is InChI=1S/C25H26ClN5O5S/c1-4-11-31-21(14-22(32)27-17-7-6-8-18(13-17)35-3)29-30-25(31)37-15-23(33)28-20-12-16(9-10-19(20)26)24(34)36-5-2/h4,6-10,12-13H,1,5,11,14-15H2,2-3H3,(H,27,32)(H,28,33). The molecule has 0 bridgehead atoms. The van der Waals surface area contributed by atoms with Crippen molar-refractivity contribution in [1.29, 1.82) is 0 Å². The number of nitrogens with zero attached hydrogens (tertiary/aromatic N) is 3. The topological polar surface area (TPSA) is 124 Å². The lowest BCUT2D eigenvalue weighted by atomic mass is 10.2. The third-order valence-electron chi connectivity index (χ3n) is 4.86. The highest BCUT2D eigenvalue weighted by Crippen LogP contribution is 2.25. The van der Waals surface area contributed by atoms with Gasteiger partial charge >= 0.3 is 5.97 Å². The van der Waals surface area contributed by atoms with Gasteiger partial charge in [0.2, 0.25) is 11.8 Å². The first kappa shape index (κ1) is 27.8. The molecule has 3 rings (SSSR count). The summed E-state index contributed by atoms with van der Waals surface area (Å²) in [5, 5.41) is 14.5. The number of rotatable bonds is 12. The minimum atomic E-state index is -0.510. The van der Waals surface area contributed by atoms with Gasteiger partial charge in [-0.15, -0.1) is 16.8 Å². The number of ether oxygens (including phenoxy) is 2. The number of carbonyl (C=O) groups excluding carboxylic acids is 3. The number of halogens is 1. The average molecular weight is 544 g/mol. The van der Waals surface area contributed by atoms with Gasteiger partial charge in [-0.2, -0.15) is 0 Å². The van der Waals surface area contributed by atoms with Gasteiger partial charge in [0, 0.05) is 18.3 Å². The Bertz CT molecular complexity index is 1300. The number of thioether (sulfide) groups is 1. The van der Waals surface area contributed by atoms with Crippen LogP contribution in [0.1, 0.15) is 23.1 Å². The zero-order valence-electron chi connectivity index (χ0n) is 20.3. The van der Waals surface area contributed by atoms with Gasteiger partial charge in [0.05, 0.1) is 42.2 Å². The molecule has 2 N–H and O–H groups in total. The number of carbonyl (C=O) groups is 3. The second-order valence-corrected chi connectivity index (χ2v) is 8.86. The smallest absolute Gasteiger partial charge is 0.338 e. The van der Waals surface area contributed by atoms with E-state index in [-0.39, 0.29) is 41.2 Å². The molecule has 0 saturated heterocycles.